The third-order valence-electron chi connectivity index (χ3n) is 6.39. The highest BCUT2D eigenvalue weighted by molar-refractivity contribution is 6.10. The molecule has 0 amide bonds. The maximum Gasteiger partial charge on any atom is 0.161 e. The van der Waals surface area contributed by atoms with Crippen molar-refractivity contribution in [3.05, 3.63) is 41.3 Å². The van der Waals surface area contributed by atoms with Crippen molar-refractivity contribution in [1.29, 1.82) is 0 Å². The standard InChI is InChI=1S/C22H22FNO2/c1-25-20-9-16-15-6-12-4-3-5-13(12)7-18(15)22-19(8-14(23)11-24-22)17(16)10-21(20)26-2/h8-13H,3-7H2,1-2H3. The maximum atomic E-state index is 14.0. The van der Waals surface area contributed by atoms with Crippen LogP contribution in [-0.4, -0.2) is 19.2 Å². The lowest BCUT2D eigenvalue weighted by molar-refractivity contribution is 0.355. The fourth-order valence-electron chi connectivity index (χ4n) is 5.17. The van der Waals surface area contributed by atoms with Gasteiger partial charge in [0, 0.05) is 5.39 Å². The summed E-state index contributed by atoms with van der Waals surface area (Å²) in [5.41, 5.74) is 3.63. The number of hydrogen-bond acceptors (Lipinski definition) is 3. The average molecular weight is 351 g/mol. The van der Waals surface area contributed by atoms with Crippen LogP contribution >= 0.6 is 0 Å². The van der Waals surface area contributed by atoms with Crippen LogP contribution in [0.1, 0.15) is 30.4 Å². The normalized spacial score (nSPS) is 21.7. The van der Waals surface area contributed by atoms with Crippen LogP contribution in [-0.2, 0) is 12.8 Å². The minimum atomic E-state index is -0.303. The fraction of sp³-hybridized carbons (Fsp3) is 0.409. The molecule has 5 rings (SSSR count). The smallest absolute Gasteiger partial charge is 0.161 e. The molecule has 4 heteroatoms. The van der Waals surface area contributed by atoms with E-state index in [4.69, 9.17) is 9.47 Å². The molecular weight excluding hydrogens is 329 g/mol. The van der Waals surface area contributed by atoms with Gasteiger partial charge in [0.2, 0.25) is 0 Å². The van der Waals surface area contributed by atoms with Crippen LogP contribution in [0.25, 0.3) is 21.7 Å². The number of aromatic nitrogens is 1. The molecule has 0 saturated heterocycles. The Hall–Kier alpha value is -2.36. The van der Waals surface area contributed by atoms with Gasteiger partial charge in [-0.1, -0.05) is 6.42 Å². The van der Waals surface area contributed by atoms with E-state index in [1.807, 2.05) is 6.07 Å². The van der Waals surface area contributed by atoms with Crippen LogP contribution in [0.3, 0.4) is 0 Å². The lowest BCUT2D eigenvalue weighted by Crippen LogP contribution is -2.21. The minimum Gasteiger partial charge on any atom is -0.493 e. The summed E-state index contributed by atoms with van der Waals surface area (Å²) in [5.74, 6) is 2.59. The van der Waals surface area contributed by atoms with Crippen molar-refractivity contribution >= 4 is 21.7 Å². The Morgan fingerprint density at radius 3 is 2.23 bits per heavy atom. The molecule has 0 spiro atoms. The maximum absolute atomic E-state index is 14.0. The van der Waals surface area contributed by atoms with Crippen LogP contribution in [0.2, 0.25) is 0 Å². The lowest BCUT2D eigenvalue weighted by Gasteiger charge is -2.30. The summed E-state index contributed by atoms with van der Waals surface area (Å²) in [7, 11) is 3.29. The third-order valence-corrected chi connectivity index (χ3v) is 6.39. The number of methoxy groups -OCH3 is 2. The van der Waals surface area contributed by atoms with Gasteiger partial charge in [0.1, 0.15) is 5.82 Å². The molecule has 2 unspecified atom stereocenters. The first-order chi connectivity index (χ1) is 12.7. The van der Waals surface area contributed by atoms with Gasteiger partial charge in [-0.15, -0.1) is 0 Å². The lowest BCUT2D eigenvalue weighted by atomic mass is 9.75. The molecule has 1 heterocycles. The van der Waals surface area contributed by atoms with Crippen molar-refractivity contribution in [3.63, 3.8) is 0 Å². The zero-order valence-corrected chi connectivity index (χ0v) is 15.1. The fourth-order valence-corrected chi connectivity index (χ4v) is 5.17. The van der Waals surface area contributed by atoms with Gasteiger partial charge in [0.15, 0.2) is 11.5 Å². The minimum absolute atomic E-state index is 0.303. The molecule has 0 aliphatic heterocycles. The van der Waals surface area contributed by atoms with Gasteiger partial charge in [-0.3, -0.25) is 4.98 Å². The molecule has 1 aromatic heterocycles. The van der Waals surface area contributed by atoms with E-state index in [0.717, 1.165) is 52.1 Å². The summed E-state index contributed by atoms with van der Waals surface area (Å²) < 4.78 is 25.1. The predicted octanol–water partition coefficient (Wildman–Crippen LogP) is 5.06. The van der Waals surface area contributed by atoms with Gasteiger partial charge in [-0.05, 0) is 77.6 Å². The van der Waals surface area contributed by atoms with Gasteiger partial charge in [0.25, 0.3) is 0 Å². The molecule has 3 aromatic rings. The Labute approximate surface area is 152 Å². The average Bonchev–Trinajstić information content (AvgIpc) is 3.13. The van der Waals surface area contributed by atoms with Crippen molar-refractivity contribution in [2.24, 2.45) is 11.8 Å². The first-order valence-corrected chi connectivity index (χ1v) is 9.34. The molecule has 2 atom stereocenters. The number of fused-ring (bicyclic) bond motifs is 7. The molecule has 3 nitrogen and oxygen atoms in total. The molecule has 134 valence electrons. The number of ether oxygens (including phenoxy) is 2. The van der Waals surface area contributed by atoms with Crippen LogP contribution < -0.4 is 9.47 Å². The molecule has 0 N–H and O–H groups in total. The molecule has 0 bridgehead atoms. The van der Waals surface area contributed by atoms with Gasteiger partial charge in [0.05, 0.1) is 25.9 Å². The number of halogens is 1. The topological polar surface area (TPSA) is 31.4 Å². The van der Waals surface area contributed by atoms with Gasteiger partial charge >= 0.3 is 0 Å². The van der Waals surface area contributed by atoms with E-state index >= 15 is 0 Å². The Kier molecular flexibility index (Phi) is 3.56. The van der Waals surface area contributed by atoms with Crippen LogP contribution in [0.15, 0.2) is 24.4 Å². The first-order valence-electron chi connectivity index (χ1n) is 9.34. The van der Waals surface area contributed by atoms with E-state index in [1.54, 1.807) is 20.3 Å². The summed E-state index contributed by atoms with van der Waals surface area (Å²) in [5, 5.41) is 3.03. The van der Waals surface area contributed by atoms with Crippen molar-refractivity contribution in [3.8, 4) is 11.5 Å². The van der Waals surface area contributed by atoms with E-state index in [0.29, 0.717) is 5.75 Å². The number of benzene rings is 2. The monoisotopic (exact) mass is 351 g/mol. The van der Waals surface area contributed by atoms with Crippen molar-refractivity contribution in [2.45, 2.75) is 32.1 Å². The predicted molar refractivity (Wildman–Crippen MR) is 101 cm³/mol. The van der Waals surface area contributed by atoms with E-state index in [1.165, 1.54) is 36.6 Å². The van der Waals surface area contributed by atoms with E-state index < -0.39 is 0 Å². The Morgan fingerprint density at radius 2 is 1.54 bits per heavy atom. The molecule has 2 aromatic carbocycles. The number of nitrogens with zero attached hydrogens (tertiary/aromatic N) is 1. The van der Waals surface area contributed by atoms with Crippen LogP contribution in [0.5, 0.6) is 11.5 Å². The Morgan fingerprint density at radius 1 is 0.885 bits per heavy atom. The summed E-state index contributed by atoms with van der Waals surface area (Å²) >= 11 is 0. The highest BCUT2D eigenvalue weighted by Crippen LogP contribution is 2.47. The second-order valence-electron chi connectivity index (χ2n) is 7.62. The SMILES string of the molecule is COc1cc2c3c(c4ncc(F)cc4c2cc1OC)CC1CCCC1C3. The molecule has 1 fully saturated rings. The molecule has 0 radical (unpaired) electrons. The highest BCUT2D eigenvalue weighted by atomic mass is 19.1. The van der Waals surface area contributed by atoms with E-state index in [2.05, 4.69) is 11.1 Å². The van der Waals surface area contributed by atoms with Crippen LogP contribution in [0, 0.1) is 17.7 Å². The summed E-state index contributed by atoms with van der Waals surface area (Å²) in [6, 6.07) is 5.64. The molecule has 2 aliphatic rings. The summed E-state index contributed by atoms with van der Waals surface area (Å²) in [6.45, 7) is 0. The zero-order valence-electron chi connectivity index (χ0n) is 15.1. The molecule has 26 heavy (non-hydrogen) atoms. The van der Waals surface area contributed by atoms with Crippen molar-refractivity contribution in [2.75, 3.05) is 14.2 Å². The van der Waals surface area contributed by atoms with E-state index in [9.17, 15) is 4.39 Å². The quantitative estimate of drug-likeness (QED) is 0.605. The highest BCUT2D eigenvalue weighted by Gasteiger charge is 2.34. The van der Waals surface area contributed by atoms with Crippen LogP contribution in [0.4, 0.5) is 4.39 Å². The van der Waals surface area contributed by atoms with E-state index in [-0.39, 0.29) is 5.82 Å². The van der Waals surface area contributed by atoms with Gasteiger partial charge < -0.3 is 9.47 Å². The van der Waals surface area contributed by atoms with Crippen molar-refractivity contribution in [1.82, 2.24) is 4.98 Å². The number of pyridine rings is 1. The Bertz CT molecular complexity index is 1030. The number of hydrogen-bond donors (Lipinski definition) is 0. The second-order valence-corrected chi connectivity index (χ2v) is 7.62. The molecular formula is C22H22FNO2. The Balaban J connectivity index is 1.89. The first kappa shape index (κ1) is 15.9. The third kappa shape index (κ3) is 2.21. The summed E-state index contributed by atoms with van der Waals surface area (Å²) in [4.78, 5) is 4.51. The largest absolute Gasteiger partial charge is 0.493 e. The second kappa shape index (κ2) is 5.83. The van der Waals surface area contributed by atoms with Crippen molar-refractivity contribution < 1.29 is 13.9 Å². The van der Waals surface area contributed by atoms with Gasteiger partial charge in [-0.25, -0.2) is 4.39 Å². The molecule has 2 aliphatic carbocycles. The summed E-state index contributed by atoms with van der Waals surface area (Å²) in [6.07, 6.45) is 7.42. The van der Waals surface area contributed by atoms with Gasteiger partial charge in [-0.2, -0.15) is 0 Å². The molecule has 1 saturated carbocycles. The number of rotatable bonds is 2. The zero-order chi connectivity index (χ0) is 17.8.